The van der Waals surface area contributed by atoms with E-state index in [1.807, 2.05) is 17.9 Å². The van der Waals surface area contributed by atoms with E-state index >= 15 is 0 Å². The standard InChI is InChI=1S/C32H36BrN9O5/c1-18-4-5-27(33)37-30(18)38-31(47)24-11-32(17-40(6-8-43)7-9-44)12-26(32)42(24)28(46)16-41-25-15-36-23(21-13-34-20(3)35-14-21)10-22(25)29(39-41)19(2)45/h4-5,10,13-15,24,26,43-44H,6-9,11-12,16-17H2,1-3H3,(H,37,38,47)/t24-,26+,32-/m0/s1. The summed E-state index contributed by atoms with van der Waals surface area (Å²) < 4.78 is 2.04. The van der Waals surface area contributed by atoms with Crippen molar-refractivity contribution in [2.24, 2.45) is 5.41 Å². The van der Waals surface area contributed by atoms with E-state index in [4.69, 9.17) is 0 Å². The minimum absolute atomic E-state index is 0.0708. The number of carbonyl (C=O) groups excluding carboxylic acids is 3. The average Bonchev–Trinajstić information content (AvgIpc) is 3.44. The summed E-state index contributed by atoms with van der Waals surface area (Å²) >= 11 is 3.36. The lowest BCUT2D eigenvalue weighted by molar-refractivity contribution is -0.138. The van der Waals surface area contributed by atoms with Gasteiger partial charge in [0.05, 0.1) is 30.6 Å². The first-order valence-electron chi connectivity index (χ1n) is 15.4. The molecule has 1 saturated carbocycles. The molecular weight excluding hydrogens is 670 g/mol. The molecule has 1 aliphatic carbocycles. The lowest BCUT2D eigenvalue weighted by atomic mass is 9.98. The Labute approximate surface area is 279 Å². The minimum atomic E-state index is -0.785. The third-order valence-electron chi connectivity index (χ3n) is 9.02. The van der Waals surface area contributed by atoms with Crippen LogP contribution in [0.4, 0.5) is 5.82 Å². The molecule has 0 aromatic carbocycles. The van der Waals surface area contributed by atoms with E-state index in [0.29, 0.717) is 70.9 Å². The Morgan fingerprint density at radius 3 is 2.47 bits per heavy atom. The van der Waals surface area contributed by atoms with E-state index in [1.165, 1.54) is 11.6 Å². The maximum Gasteiger partial charge on any atom is 0.248 e. The third-order valence-corrected chi connectivity index (χ3v) is 9.46. The normalized spacial score (nSPS) is 20.1. The van der Waals surface area contributed by atoms with Gasteiger partial charge in [-0.2, -0.15) is 5.10 Å². The number of hydrogen-bond donors (Lipinski definition) is 3. The Hall–Kier alpha value is -4.18. The Kier molecular flexibility index (Phi) is 9.16. The molecule has 2 aliphatic rings. The number of nitrogens with one attached hydrogen (secondary N) is 1. The van der Waals surface area contributed by atoms with E-state index in [1.54, 1.807) is 42.5 Å². The monoisotopic (exact) mass is 705 g/mol. The Morgan fingerprint density at radius 1 is 1.06 bits per heavy atom. The van der Waals surface area contributed by atoms with Gasteiger partial charge in [0.2, 0.25) is 11.8 Å². The van der Waals surface area contributed by atoms with Crippen molar-refractivity contribution in [2.45, 2.75) is 52.2 Å². The predicted octanol–water partition coefficient (Wildman–Crippen LogP) is 2.15. The fourth-order valence-electron chi connectivity index (χ4n) is 6.62. The van der Waals surface area contributed by atoms with Gasteiger partial charge in [-0.25, -0.2) is 15.0 Å². The lowest BCUT2D eigenvalue weighted by Crippen LogP contribution is -2.47. The maximum absolute atomic E-state index is 14.2. The molecule has 0 radical (unpaired) electrons. The number of hydrogen-bond acceptors (Lipinski definition) is 11. The molecule has 4 aromatic heterocycles. The number of rotatable bonds is 12. The van der Waals surface area contributed by atoms with Crippen LogP contribution in [0.5, 0.6) is 0 Å². The number of likely N-dealkylation sites (tertiary alicyclic amines) is 1. The molecule has 2 amide bonds. The predicted molar refractivity (Wildman–Crippen MR) is 175 cm³/mol. The number of Topliss-reactive ketones (excluding diaryl/α,β-unsaturated/α-hetero) is 1. The number of piperidine rings is 1. The van der Waals surface area contributed by atoms with Crippen molar-refractivity contribution in [2.75, 3.05) is 38.2 Å². The highest BCUT2D eigenvalue weighted by Gasteiger charge is 2.67. The van der Waals surface area contributed by atoms with Gasteiger partial charge >= 0.3 is 0 Å². The van der Waals surface area contributed by atoms with Crippen LogP contribution in [0.25, 0.3) is 22.2 Å². The fourth-order valence-corrected chi connectivity index (χ4v) is 6.92. The lowest BCUT2D eigenvalue weighted by Gasteiger charge is -2.27. The highest BCUT2D eigenvalue weighted by atomic mass is 79.9. The van der Waals surface area contributed by atoms with Crippen molar-refractivity contribution in [3.8, 4) is 11.3 Å². The summed E-state index contributed by atoms with van der Waals surface area (Å²) in [6.45, 7) is 5.97. The number of anilines is 1. The summed E-state index contributed by atoms with van der Waals surface area (Å²) in [5.41, 5.74) is 2.37. The Morgan fingerprint density at radius 2 is 1.79 bits per heavy atom. The van der Waals surface area contributed by atoms with E-state index in [2.05, 4.69) is 46.3 Å². The van der Waals surface area contributed by atoms with Crippen molar-refractivity contribution in [1.82, 2.24) is 39.5 Å². The molecule has 5 heterocycles. The van der Waals surface area contributed by atoms with E-state index in [0.717, 1.165) is 5.56 Å². The van der Waals surface area contributed by atoms with Gasteiger partial charge < -0.3 is 20.4 Å². The molecule has 0 spiro atoms. The van der Waals surface area contributed by atoms with Crippen molar-refractivity contribution >= 4 is 50.2 Å². The van der Waals surface area contributed by atoms with Gasteiger partial charge in [-0.1, -0.05) is 6.07 Å². The van der Waals surface area contributed by atoms with E-state index < -0.39 is 6.04 Å². The molecule has 1 aliphatic heterocycles. The fraction of sp³-hybridized carbons (Fsp3) is 0.438. The van der Waals surface area contributed by atoms with Crippen LogP contribution in [0.1, 0.15) is 41.6 Å². The summed E-state index contributed by atoms with van der Waals surface area (Å²) in [7, 11) is 0. The summed E-state index contributed by atoms with van der Waals surface area (Å²) in [5.74, 6) is 0.0916. The second kappa shape index (κ2) is 13.1. The zero-order valence-corrected chi connectivity index (χ0v) is 27.9. The molecule has 246 valence electrons. The van der Waals surface area contributed by atoms with Crippen LogP contribution >= 0.6 is 15.9 Å². The van der Waals surface area contributed by atoms with Crippen molar-refractivity contribution in [3.63, 3.8) is 0 Å². The molecule has 1 saturated heterocycles. The Bertz CT molecular complexity index is 1840. The molecule has 3 atom stereocenters. The summed E-state index contributed by atoms with van der Waals surface area (Å²) in [6.07, 6.45) is 6.00. The number of amides is 2. The number of halogens is 1. The summed E-state index contributed by atoms with van der Waals surface area (Å²) in [4.78, 5) is 61.8. The molecule has 0 bridgehead atoms. The van der Waals surface area contributed by atoms with Crippen molar-refractivity contribution in [1.29, 1.82) is 0 Å². The Balaban J connectivity index is 1.31. The molecule has 6 rings (SSSR count). The van der Waals surface area contributed by atoms with Gasteiger partial charge in [0.15, 0.2) is 5.78 Å². The molecule has 14 nitrogen and oxygen atoms in total. The molecule has 15 heteroatoms. The topological polar surface area (TPSA) is 180 Å². The first-order valence-corrected chi connectivity index (χ1v) is 16.2. The zero-order chi connectivity index (χ0) is 33.5. The van der Waals surface area contributed by atoms with Crippen LogP contribution in [-0.4, -0.2) is 112 Å². The van der Waals surface area contributed by atoms with Crippen molar-refractivity contribution < 1.29 is 24.6 Å². The molecule has 0 unspecified atom stereocenters. The number of nitrogens with zero attached hydrogens (tertiary/aromatic N) is 8. The quantitative estimate of drug-likeness (QED) is 0.145. The summed E-state index contributed by atoms with van der Waals surface area (Å²) in [5, 5.41) is 27.2. The van der Waals surface area contributed by atoms with Crippen LogP contribution in [0, 0.1) is 19.3 Å². The second-order valence-electron chi connectivity index (χ2n) is 12.3. The van der Waals surface area contributed by atoms with Gasteiger partial charge in [-0.15, -0.1) is 0 Å². The number of pyridine rings is 2. The first-order chi connectivity index (χ1) is 22.5. The van der Waals surface area contributed by atoms with Gasteiger partial charge in [0, 0.05) is 61.4 Å². The number of aryl methyl sites for hydroxylation is 2. The number of aromatic nitrogens is 6. The highest BCUT2D eigenvalue weighted by molar-refractivity contribution is 9.10. The number of aliphatic hydroxyl groups is 2. The van der Waals surface area contributed by atoms with Crippen LogP contribution in [0.3, 0.4) is 0 Å². The van der Waals surface area contributed by atoms with Gasteiger partial charge in [0.25, 0.3) is 0 Å². The highest BCUT2D eigenvalue weighted by Crippen LogP contribution is 2.60. The van der Waals surface area contributed by atoms with E-state index in [-0.39, 0.29) is 54.5 Å². The van der Waals surface area contributed by atoms with Crippen LogP contribution in [0.2, 0.25) is 0 Å². The van der Waals surface area contributed by atoms with E-state index in [9.17, 15) is 24.6 Å². The van der Waals surface area contributed by atoms with Gasteiger partial charge in [-0.05, 0) is 60.3 Å². The number of ketones is 1. The van der Waals surface area contributed by atoms with Gasteiger partial charge in [-0.3, -0.25) is 28.9 Å². The zero-order valence-electron chi connectivity index (χ0n) is 26.4. The number of aliphatic hydroxyl groups excluding tert-OH is 2. The number of fused-ring (bicyclic) bond motifs is 2. The molecular formula is C32H36BrN9O5. The summed E-state index contributed by atoms with van der Waals surface area (Å²) in [6, 6.07) is 4.37. The largest absolute Gasteiger partial charge is 0.395 e. The molecule has 2 fully saturated rings. The molecule has 4 aromatic rings. The maximum atomic E-state index is 14.2. The van der Waals surface area contributed by atoms with Crippen molar-refractivity contribution in [3.05, 3.63) is 58.5 Å². The smallest absolute Gasteiger partial charge is 0.248 e. The molecule has 3 N–H and O–H groups in total. The average molecular weight is 707 g/mol. The SMILES string of the molecule is CC(=O)c1nn(CC(=O)N2[C@H](C(=O)Nc3nc(Br)ccc3C)C[C@@]3(CN(CCO)CCO)C[C@@H]23)c2cnc(-c3cnc(C)nc3)cc12. The van der Waals surface area contributed by atoms with Crippen LogP contribution in [-0.2, 0) is 16.1 Å². The second-order valence-corrected chi connectivity index (χ2v) is 13.1. The van der Waals surface area contributed by atoms with Crippen LogP contribution in [0.15, 0.2) is 41.4 Å². The third kappa shape index (κ3) is 6.52. The molecule has 47 heavy (non-hydrogen) atoms. The minimum Gasteiger partial charge on any atom is -0.395 e. The number of carbonyl (C=O) groups is 3. The van der Waals surface area contributed by atoms with Crippen LogP contribution < -0.4 is 5.32 Å². The first kappa shape index (κ1) is 32.7. The van der Waals surface area contributed by atoms with Gasteiger partial charge in [0.1, 0.15) is 34.5 Å².